The van der Waals surface area contributed by atoms with Crippen LogP contribution in [0.25, 0.3) is 65.9 Å². The molecular weight excluding hydrogens is 428 g/mol. The van der Waals surface area contributed by atoms with E-state index in [0.717, 1.165) is 49.5 Å². The van der Waals surface area contributed by atoms with E-state index < -0.39 is 0 Å². The Balaban J connectivity index is 1.57. The number of benzene rings is 5. The molecule has 5 aromatic carbocycles. The van der Waals surface area contributed by atoms with Crippen LogP contribution in [-0.2, 0) is 0 Å². The molecule has 0 aliphatic heterocycles. The van der Waals surface area contributed by atoms with Crippen LogP contribution in [0, 0.1) is 11.3 Å². The van der Waals surface area contributed by atoms with Gasteiger partial charge >= 0.3 is 0 Å². The highest BCUT2D eigenvalue weighted by molar-refractivity contribution is 6.16. The molecule has 0 aliphatic rings. The molecule has 0 unspecified atom stereocenters. The van der Waals surface area contributed by atoms with Crippen molar-refractivity contribution in [3.8, 4) is 28.5 Å². The standard InChI is InChI=1S/C32H18N2O/c33-19-21-17-31-29(25-12-7-13-26(32(25)35-31)30-14-5-6-15-34-30)18-27(21)28-16-20-8-1-2-9-22(20)23-10-3-4-11-24(23)28/h1-18H. The zero-order valence-corrected chi connectivity index (χ0v) is 18.7. The van der Waals surface area contributed by atoms with Crippen LogP contribution in [0.15, 0.2) is 114 Å². The van der Waals surface area contributed by atoms with Crippen LogP contribution in [0.3, 0.4) is 0 Å². The van der Waals surface area contributed by atoms with Gasteiger partial charge in [0.15, 0.2) is 0 Å². The predicted octanol–water partition coefficient (Wildman–Crippen LogP) is 8.49. The van der Waals surface area contributed by atoms with Crippen LogP contribution in [0.2, 0.25) is 0 Å². The number of hydrogen-bond donors (Lipinski definition) is 0. The lowest BCUT2D eigenvalue weighted by Gasteiger charge is -2.12. The summed E-state index contributed by atoms with van der Waals surface area (Å²) >= 11 is 0. The van der Waals surface area contributed by atoms with Gasteiger partial charge in [0.05, 0.1) is 17.3 Å². The molecule has 2 aromatic heterocycles. The second-order valence-electron chi connectivity index (χ2n) is 8.70. The van der Waals surface area contributed by atoms with Gasteiger partial charge in [-0.15, -0.1) is 0 Å². The maximum absolute atomic E-state index is 10.1. The Bertz CT molecular complexity index is 1960. The third-order valence-corrected chi connectivity index (χ3v) is 6.76. The Morgan fingerprint density at radius 3 is 2.20 bits per heavy atom. The summed E-state index contributed by atoms with van der Waals surface area (Å²) in [6.07, 6.45) is 1.79. The lowest BCUT2D eigenvalue weighted by atomic mass is 9.90. The lowest BCUT2D eigenvalue weighted by molar-refractivity contribution is 0.669. The molecule has 0 radical (unpaired) electrons. The fourth-order valence-electron chi connectivity index (χ4n) is 5.16. The van der Waals surface area contributed by atoms with Crippen LogP contribution in [-0.4, -0.2) is 4.98 Å². The van der Waals surface area contributed by atoms with Crippen molar-refractivity contribution < 1.29 is 4.42 Å². The maximum atomic E-state index is 10.1. The molecule has 0 amide bonds. The normalized spacial score (nSPS) is 11.4. The summed E-state index contributed by atoms with van der Waals surface area (Å²) < 4.78 is 6.34. The van der Waals surface area contributed by atoms with Crippen molar-refractivity contribution >= 4 is 43.5 Å². The van der Waals surface area contributed by atoms with Crippen LogP contribution in [0.4, 0.5) is 0 Å². The molecular formula is C32H18N2O. The zero-order chi connectivity index (χ0) is 23.4. The minimum atomic E-state index is 0.594. The Kier molecular flexibility index (Phi) is 4.21. The first-order chi connectivity index (χ1) is 17.3. The summed E-state index contributed by atoms with van der Waals surface area (Å²) in [4.78, 5) is 4.52. The first-order valence-electron chi connectivity index (χ1n) is 11.5. The highest BCUT2D eigenvalue weighted by Gasteiger charge is 2.18. The van der Waals surface area contributed by atoms with Gasteiger partial charge in [-0.2, -0.15) is 5.26 Å². The Morgan fingerprint density at radius 2 is 1.37 bits per heavy atom. The number of fused-ring (bicyclic) bond motifs is 6. The summed E-state index contributed by atoms with van der Waals surface area (Å²) in [6.45, 7) is 0. The Labute approximate surface area is 201 Å². The fraction of sp³-hybridized carbons (Fsp3) is 0. The number of pyridine rings is 1. The average Bonchev–Trinajstić information content (AvgIpc) is 3.30. The summed E-state index contributed by atoms with van der Waals surface area (Å²) in [5.41, 5.74) is 5.84. The molecule has 0 saturated carbocycles. The molecule has 0 fully saturated rings. The Morgan fingerprint density at radius 1 is 0.600 bits per heavy atom. The number of aromatic nitrogens is 1. The van der Waals surface area contributed by atoms with Crippen molar-refractivity contribution in [1.82, 2.24) is 4.98 Å². The van der Waals surface area contributed by atoms with E-state index in [9.17, 15) is 5.26 Å². The first kappa shape index (κ1) is 19.5. The van der Waals surface area contributed by atoms with E-state index in [1.54, 1.807) is 6.20 Å². The van der Waals surface area contributed by atoms with Crippen LogP contribution >= 0.6 is 0 Å². The zero-order valence-electron chi connectivity index (χ0n) is 18.7. The smallest absolute Gasteiger partial charge is 0.144 e. The van der Waals surface area contributed by atoms with E-state index in [4.69, 9.17) is 4.42 Å². The molecule has 7 aromatic rings. The summed E-state index contributed by atoms with van der Waals surface area (Å²) in [5, 5.41) is 16.8. The molecule has 162 valence electrons. The van der Waals surface area contributed by atoms with Gasteiger partial charge < -0.3 is 4.42 Å². The molecule has 0 saturated heterocycles. The maximum Gasteiger partial charge on any atom is 0.144 e. The van der Waals surface area contributed by atoms with Crippen molar-refractivity contribution in [2.75, 3.05) is 0 Å². The number of furan rings is 1. The number of para-hydroxylation sites is 1. The van der Waals surface area contributed by atoms with E-state index in [-0.39, 0.29) is 0 Å². The number of nitrogens with zero attached hydrogens (tertiary/aromatic N) is 2. The van der Waals surface area contributed by atoms with Crippen LogP contribution < -0.4 is 0 Å². The fourth-order valence-corrected chi connectivity index (χ4v) is 5.16. The third kappa shape index (κ3) is 2.94. The van der Waals surface area contributed by atoms with Gasteiger partial charge in [0.1, 0.15) is 11.2 Å². The number of hydrogen-bond acceptors (Lipinski definition) is 3. The second-order valence-corrected chi connectivity index (χ2v) is 8.70. The summed E-state index contributed by atoms with van der Waals surface area (Å²) in [6, 6.07) is 37.4. The van der Waals surface area contributed by atoms with Crippen molar-refractivity contribution in [1.29, 1.82) is 5.26 Å². The van der Waals surface area contributed by atoms with Gasteiger partial charge in [-0.05, 0) is 63.5 Å². The quantitative estimate of drug-likeness (QED) is 0.250. The van der Waals surface area contributed by atoms with Gasteiger partial charge in [-0.3, -0.25) is 4.98 Å². The highest BCUT2D eigenvalue weighted by Crippen LogP contribution is 2.41. The summed E-state index contributed by atoms with van der Waals surface area (Å²) in [5.74, 6) is 0. The monoisotopic (exact) mass is 446 g/mol. The molecule has 0 atom stereocenters. The molecule has 2 heterocycles. The van der Waals surface area contributed by atoms with Crippen molar-refractivity contribution in [2.24, 2.45) is 0 Å². The second kappa shape index (κ2) is 7.55. The van der Waals surface area contributed by atoms with E-state index in [2.05, 4.69) is 77.8 Å². The SMILES string of the molecule is N#Cc1cc2oc3c(-c4ccccn4)cccc3c2cc1-c1cc2ccccc2c2ccccc12. The van der Waals surface area contributed by atoms with Crippen LogP contribution in [0.1, 0.15) is 5.56 Å². The van der Waals surface area contributed by atoms with E-state index in [1.807, 2.05) is 36.4 Å². The number of rotatable bonds is 2. The van der Waals surface area contributed by atoms with Gasteiger partial charge in [0.25, 0.3) is 0 Å². The van der Waals surface area contributed by atoms with Gasteiger partial charge in [0.2, 0.25) is 0 Å². The van der Waals surface area contributed by atoms with Crippen molar-refractivity contribution in [2.45, 2.75) is 0 Å². The molecule has 35 heavy (non-hydrogen) atoms. The molecule has 0 bridgehead atoms. The molecule has 0 aliphatic carbocycles. The molecule has 0 spiro atoms. The minimum Gasteiger partial charge on any atom is -0.455 e. The number of nitriles is 1. The molecule has 7 rings (SSSR count). The molecule has 3 nitrogen and oxygen atoms in total. The lowest BCUT2D eigenvalue weighted by Crippen LogP contribution is -1.88. The van der Waals surface area contributed by atoms with Crippen molar-refractivity contribution in [3.05, 3.63) is 115 Å². The van der Waals surface area contributed by atoms with E-state index in [1.165, 1.54) is 10.8 Å². The topological polar surface area (TPSA) is 49.8 Å². The van der Waals surface area contributed by atoms with Crippen LogP contribution in [0.5, 0.6) is 0 Å². The highest BCUT2D eigenvalue weighted by atomic mass is 16.3. The third-order valence-electron chi connectivity index (χ3n) is 6.76. The summed E-state index contributed by atoms with van der Waals surface area (Å²) in [7, 11) is 0. The van der Waals surface area contributed by atoms with Crippen molar-refractivity contribution in [3.63, 3.8) is 0 Å². The first-order valence-corrected chi connectivity index (χ1v) is 11.5. The van der Waals surface area contributed by atoms with Gasteiger partial charge in [0, 0.05) is 28.1 Å². The predicted molar refractivity (Wildman–Crippen MR) is 142 cm³/mol. The van der Waals surface area contributed by atoms with Gasteiger partial charge in [-0.1, -0.05) is 66.7 Å². The van der Waals surface area contributed by atoms with E-state index in [0.29, 0.717) is 11.1 Å². The minimum absolute atomic E-state index is 0.594. The van der Waals surface area contributed by atoms with Gasteiger partial charge in [-0.25, -0.2) is 0 Å². The largest absolute Gasteiger partial charge is 0.455 e. The molecule has 0 N–H and O–H groups in total. The Hall–Kier alpha value is -4.94. The van der Waals surface area contributed by atoms with E-state index >= 15 is 0 Å². The molecule has 3 heteroatoms. The average molecular weight is 447 g/mol.